The standard InChI is InChI=1S/C12H18BrClN2/c1-9(2)5-12(6-14)16-8-11-4-3-10(13)7-15-11/h3-4,7,9,12,16H,5-6,8H2,1-2H3. The highest BCUT2D eigenvalue weighted by molar-refractivity contribution is 9.10. The lowest BCUT2D eigenvalue weighted by Crippen LogP contribution is -2.31. The summed E-state index contributed by atoms with van der Waals surface area (Å²) in [7, 11) is 0. The van der Waals surface area contributed by atoms with E-state index in [-0.39, 0.29) is 0 Å². The second-order valence-corrected chi connectivity index (χ2v) is 5.55. The van der Waals surface area contributed by atoms with Crippen LogP contribution in [-0.2, 0) is 6.54 Å². The largest absolute Gasteiger partial charge is 0.307 e. The molecule has 4 heteroatoms. The molecule has 1 N–H and O–H groups in total. The molecule has 1 aromatic heterocycles. The van der Waals surface area contributed by atoms with E-state index in [2.05, 4.69) is 40.1 Å². The third-order valence-corrected chi connectivity index (χ3v) is 3.14. The molecule has 0 saturated carbocycles. The van der Waals surface area contributed by atoms with Gasteiger partial charge in [0.1, 0.15) is 0 Å². The smallest absolute Gasteiger partial charge is 0.0542 e. The molecule has 0 fully saturated rings. The molecule has 0 bridgehead atoms. The summed E-state index contributed by atoms with van der Waals surface area (Å²) in [6, 6.07) is 4.38. The minimum atomic E-state index is 0.368. The Balaban J connectivity index is 2.40. The Morgan fingerprint density at radius 2 is 2.19 bits per heavy atom. The topological polar surface area (TPSA) is 24.9 Å². The van der Waals surface area contributed by atoms with E-state index >= 15 is 0 Å². The van der Waals surface area contributed by atoms with Gasteiger partial charge in [-0.2, -0.15) is 0 Å². The Morgan fingerprint density at radius 3 is 2.69 bits per heavy atom. The molecular weight excluding hydrogens is 288 g/mol. The summed E-state index contributed by atoms with van der Waals surface area (Å²) < 4.78 is 1.01. The van der Waals surface area contributed by atoms with Crippen LogP contribution >= 0.6 is 27.5 Å². The normalized spacial score (nSPS) is 13.1. The molecule has 90 valence electrons. The zero-order valence-corrected chi connectivity index (χ0v) is 12.1. The van der Waals surface area contributed by atoms with E-state index in [4.69, 9.17) is 11.6 Å². The van der Waals surface area contributed by atoms with Crippen LogP contribution in [0.2, 0.25) is 0 Å². The first-order chi connectivity index (χ1) is 7.61. The van der Waals surface area contributed by atoms with Crippen LogP contribution in [0.15, 0.2) is 22.8 Å². The van der Waals surface area contributed by atoms with Gasteiger partial charge in [-0.05, 0) is 40.4 Å². The monoisotopic (exact) mass is 304 g/mol. The van der Waals surface area contributed by atoms with Crippen LogP contribution in [-0.4, -0.2) is 16.9 Å². The molecule has 0 aliphatic carbocycles. The summed E-state index contributed by atoms with van der Waals surface area (Å²) in [5.41, 5.74) is 1.04. The molecule has 0 aliphatic rings. The van der Waals surface area contributed by atoms with Crippen LogP contribution in [0, 0.1) is 5.92 Å². The summed E-state index contributed by atoms with van der Waals surface area (Å²) >= 11 is 9.28. The molecule has 0 amide bonds. The van der Waals surface area contributed by atoms with Crippen molar-refractivity contribution in [1.82, 2.24) is 10.3 Å². The van der Waals surface area contributed by atoms with E-state index in [1.54, 1.807) is 0 Å². The fourth-order valence-corrected chi connectivity index (χ4v) is 2.00. The predicted octanol–water partition coefficient (Wildman–Crippen LogP) is 3.59. The van der Waals surface area contributed by atoms with Gasteiger partial charge in [0.15, 0.2) is 0 Å². The lowest BCUT2D eigenvalue weighted by molar-refractivity contribution is 0.442. The van der Waals surface area contributed by atoms with Gasteiger partial charge in [-0.25, -0.2) is 0 Å². The van der Waals surface area contributed by atoms with E-state index in [9.17, 15) is 0 Å². The van der Waals surface area contributed by atoms with E-state index in [1.807, 2.05) is 18.3 Å². The fourth-order valence-electron chi connectivity index (χ4n) is 1.53. The minimum Gasteiger partial charge on any atom is -0.307 e. The van der Waals surface area contributed by atoms with Crippen LogP contribution in [0.3, 0.4) is 0 Å². The first-order valence-corrected chi connectivity index (χ1v) is 6.84. The van der Waals surface area contributed by atoms with Gasteiger partial charge >= 0.3 is 0 Å². The van der Waals surface area contributed by atoms with Crippen molar-refractivity contribution in [3.63, 3.8) is 0 Å². The van der Waals surface area contributed by atoms with Gasteiger partial charge in [-0.3, -0.25) is 4.98 Å². The first-order valence-electron chi connectivity index (χ1n) is 5.51. The van der Waals surface area contributed by atoms with Crippen LogP contribution < -0.4 is 5.32 Å². The minimum absolute atomic E-state index is 0.368. The van der Waals surface area contributed by atoms with Crippen molar-refractivity contribution in [1.29, 1.82) is 0 Å². The van der Waals surface area contributed by atoms with Crippen molar-refractivity contribution >= 4 is 27.5 Å². The van der Waals surface area contributed by atoms with Gasteiger partial charge in [-0.1, -0.05) is 13.8 Å². The average molecular weight is 306 g/mol. The van der Waals surface area contributed by atoms with Gasteiger partial charge in [0.2, 0.25) is 0 Å². The highest BCUT2D eigenvalue weighted by Crippen LogP contribution is 2.09. The Kier molecular flexibility index (Phi) is 6.32. The lowest BCUT2D eigenvalue weighted by Gasteiger charge is -2.17. The van der Waals surface area contributed by atoms with Crippen molar-refractivity contribution in [3.8, 4) is 0 Å². The summed E-state index contributed by atoms with van der Waals surface area (Å²) in [5.74, 6) is 1.31. The maximum Gasteiger partial charge on any atom is 0.0542 e. The SMILES string of the molecule is CC(C)CC(CCl)NCc1ccc(Br)cn1. The third-order valence-electron chi connectivity index (χ3n) is 2.30. The number of hydrogen-bond acceptors (Lipinski definition) is 2. The molecule has 1 rings (SSSR count). The van der Waals surface area contributed by atoms with Crippen molar-refractivity contribution in [2.75, 3.05) is 5.88 Å². The van der Waals surface area contributed by atoms with Gasteiger partial charge in [0.05, 0.1) is 5.69 Å². The highest BCUT2D eigenvalue weighted by atomic mass is 79.9. The Labute approximate surface area is 111 Å². The number of nitrogens with zero attached hydrogens (tertiary/aromatic N) is 1. The summed E-state index contributed by atoms with van der Waals surface area (Å²) in [6.07, 6.45) is 2.91. The van der Waals surface area contributed by atoms with E-state index in [1.165, 1.54) is 0 Å². The van der Waals surface area contributed by atoms with Crippen LogP contribution in [0.25, 0.3) is 0 Å². The van der Waals surface area contributed by atoms with Gasteiger partial charge in [-0.15, -0.1) is 11.6 Å². The number of halogens is 2. The second-order valence-electron chi connectivity index (χ2n) is 4.33. The molecule has 2 nitrogen and oxygen atoms in total. The maximum absolute atomic E-state index is 5.91. The Hall–Kier alpha value is -0.120. The van der Waals surface area contributed by atoms with Crippen LogP contribution in [0.1, 0.15) is 26.0 Å². The number of aromatic nitrogens is 1. The van der Waals surface area contributed by atoms with Crippen molar-refractivity contribution < 1.29 is 0 Å². The quantitative estimate of drug-likeness (QED) is 0.813. The van der Waals surface area contributed by atoms with Crippen LogP contribution in [0.4, 0.5) is 0 Å². The number of pyridine rings is 1. The highest BCUT2D eigenvalue weighted by Gasteiger charge is 2.09. The van der Waals surface area contributed by atoms with Crippen molar-refractivity contribution in [3.05, 3.63) is 28.5 Å². The Bertz CT molecular complexity index is 300. The van der Waals surface area contributed by atoms with Gasteiger partial charge < -0.3 is 5.32 Å². The molecule has 1 heterocycles. The lowest BCUT2D eigenvalue weighted by atomic mass is 10.1. The van der Waals surface area contributed by atoms with Gasteiger partial charge in [0.25, 0.3) is 0 Å². The summed E-state index contributed by atoms with van der Waals surface area (Å²) in [6.45, 7) is 5.19. The molecule has 1 aromatic rings. The molecule has 1 unspecified atom stereocenters. The molecule has 0 saturated heterocycles. The molecule has 0 radical (unpaired) electrons. The maximum atomic E-state index is 5.91. The molecule has 0 spiro atoms. The molecule has 16 heavy (non-hydrogen) atoms. The molecular formula is C12H18BrClN2. The zero-order valence-electron chi connectivity index (χ0n) is 9.71. The van der Waals surface area contributed by atoms with E-state index in [0.29, 0.717) is 17.8 Å². The first kappa shape index (κ1) is 13.9. The molecule has 0 aromatic carbocycles. The van der Waals surface area contributed by atoms with E-state index < -0.39 is 0 Å². The van der Waals surface area contributed by atoms with Crippen LogP contribution in [0.5, 0.6) is 0 Å². The number of rotatable bonds is 6. The molecule has 0 aliphatic heterocycles. The zero-order chi connectivity index (χ0) is 12.0. The summed E-state index contributed by atoms with van der Waals surface area (Å²) in [4.78, 5) is 4.31. The van der Waals surface area contributed by atoms with E-state index in [0.717, 1.165) is 23.1 Å². The second kappa shape index (κ2) is 7.25. The third kappa shape index (κ3) is 5.28. The predicted molar refractivity (Wildman–Crippen MR) is 72.7 cm³/mol. The number of nitrogens with one attached hydrogen (secondary N) is 1. The van der Waals surface area contributed by atoms with Gasteiger partial charge in [0, 0.05) is 29.1 Å². The number of hydrogen-bond donors (Lipinski definition) is 1. The molecule has 1 atom stereocenters. The summed E-state index contributed by atoms with van der Waals surface area (Å²) in [5, 5.41) is 3.43. The Morgan fingerprint density at radius 1 is 1.44 bits per heavy atom. The number of alkyl halides is 1. The van der Waals surface area contributed by atoms with Crippen molar-refractivity contribution in [2.45, 2.75) is 32.9 Å². The fraction of sp³-hybridized carbons (Fsp3) is 0.583. The average Bonchev–Trinajstić information content (AvgIpc) is 2.26. The van der Waals surface area contributed by atoms with Crippen molar-refractivity contribution in [2.24, 2.45) is 5.92 Å².